The maximum atomic E-state index is 12.9. The molecule has 0 aliphatic carbocycles. The number of nitrogens with one attached hydrogen (secondary N) is 2. The highest BCUT2D eigenvalue weighted by atomic mass is 19.1. The van der Waals surface area contributed by atoms with Gasteiger partial charge in [-0.1, -0.05) is 12.1 Å². The molecule has 0 spiro atoms. The van der Waals surface area contributed by atoms with Crippen LogP contribution in [0.25, 0.3) is 0 Å². The second-order valence-corrected chi connectivity index (χ2v) is 6.55. The third kappa shape index (κ3) is 5.69. The summed E-state index contributed by atoms with van der Waals surface area (Å²) in [6, 6.07) is 10.6. The van der Waals surface area contributed by atoms with E-state index >= 15 is 0 Å². The third-order valence-electron chi connectivity index (χ3n) is 4.33. The van der Waals surface area contributed by atoms with Crippen LogP contribution in [0, 0.1) is 5.82 Å². The van der Waals surface area contributed by atoms with Gasteiger partial charge in [0.15, 0.2) is 17.6 Å². The molecule has 1 heterocycles. The van der Waals surface area contributed by atoms with Gasteiger partial charge in [-0.05, 0) is 49.2 Å². The zero-order valence-corrected chi connectivity index (χ0v) is 16.3. The van der Waals surface area contributed by atoms with Crippen LogP contribution in [0.3, 0.4) is 0 Å². The van der Waals surface area contributed by atoms with E-state index in [9.17, 15) is 18.8 Å². The second-order valence-electron chi connectivity index (χ2n) is 6.55. The molecule has 0 saturated heterocycles. The van der Waals surface area contributed by atoms with Gasteiger partial charge in [-0.3, -0.25) is 14.4 Å². The van der Waals surface area contributed by atoms with Gasteiger partial charge in [0.2, 0.25) is 6.79 Å². The molecule has 0 aromatic heterocycles. The van der Waals surface area contributed by atoms with Crippen LogP contribution in [-0.2, 0) is 20.7 Å². The van der Waals surface area contributed by atoms with E-state index in [1.54, 1.807) is 24.3 Å². The molecule has 158 valence electrons. The Bertz CT molecular complexity index is 932. The Morgan fingerprint density at radius 3 is 2.57 bits per heavy atom. The normalized spacial score (nSPS) is 12.7. The number of benzene rings is 2. The number of hydrogen-bond donors (Lipinski definition) is 2. The van der Waals surface area contributed by atoms with Crippen molar-refractivity contribution in [1.82, 2.24) is 10.6 Å². The van der Waals surface area contributed by atoms with Crippen LogP contribution in [0.1, 0.15) is 22.8 Å². The SMILES string of the molecule is C[C@H](OC(=O)CNC(=O)c1ccc2c(c1)OCO2)C(=O)NCCc1ccc(F)cc1. The summed E-state index contributed by atoms with van der Waals surface area (Å²) in [7, 11) is 0. The van der Waals surface area contributed by atoms with E-state index in [0.717, 1.165) is 5.56 Å². The van der Waals surface area contributed by atoms with E-state index in [1.165, 1.54) is 25.1 Å². The van der Waals surface area contributed by atoms with Crippen molar-refractivity contribution in [2.45, 2.75) is 19.4 Å². The molecule has 3 rings (SSSR count). The molecule has 0 saturated carbocycles. The summed E-state index contributed by atoms with van der Waals surface area (Å²) in [6.45, 7) is 1.45. The number of halogens is 1. The fourth-order valence-electron chi connectivity index (χ4n) is 2.71. The molecule has 0 bridgehead atoms. The lowest BCUT2D eigenvalue weighted by Gasteiger charge is -2.14. The number of esters is 1. The van der Waals surface area contributed by atoms with Gasteiger partial charge in [0.05, 0.1) is 0 Å². The van der Waals surface area contributed by atoms with Gasteiger partial charge in [-0.2, -0.15) is 0 Å². The zero-order valence-electron chi connectivity index (χ0n) is 16.3. The first kappa shape index (κ1) is 21.1. The molecule has 30 heavy (non-hydrogen) atoms. The highest BCUT2D eigenvalue weighted by Gasteiger charge is 2.19. The molecule has 1 aliphatic rings. The number of carbonyl (C=O) groups excluding carboxylic acids is 3. The molecule has 2 N–H and O–H groups in total. The monoisotopic (exact) mass is 416 g/mol. The Balaban J connectivity index is 1.37. The standard InChI is InChI=1S/C21H21FN2O6/c1-13(20(26)23-9-8-14-2-5-16(22)6-3-14)30-19(25)11-24-21(27)15-4-7-17-18(10-15)29-12-28-17/h2-7,10,13H,8-9,11-12H2,1H3,(H,23,26)(H,24,27)/t13-/m0/s1. The predicted octanol–water partition coefficient (Wildman–Crippen LogP) is 1.57. The van der Waals surface area contributed by atoms with E-state index in [4.69, 9.17) is 14.2 Å². The van der Waals surface area contributed by atoms with Crippen LogP contribution in [0.15, 0.2) is 42.5 Å². The Hall–Kier alpha value is -3.62. The molecular weight excluding hydrogens is 395 g/mol. The van der Waals surface area contributed by atoms with Crippen LogP contribution in [0.4, 0.5) is 4.39 Å². The van der Waals surface area contributed by atoms with Gasteiger partial charge in [-0.25, -0.2) is 4.39 Å². The van der Waals surface area contributed by atoms with Crippen LogP contribution >= 0.6 is 0 Å². The van der Waals surface area contributed by atoms with Crippen LogP contribution < -0.4 is 20.1 Å². The lowest BCUT2D eigenvalue weighted by Crippen LogP contribution is -2.39. The quantitative estimate of drug-likeness (QED) is 0.634. The predicted molar refractivity (Wildman–Crippen MR) is 104 cm³/mol. The Morgan fingerprint density at radius 2 is 1.80 bits per heavy atom. The van der Waals surface area contributed by atoms with Crippen LogP contribution in [-0.4, -0.2) is 43.8 Å². The molecule has 1 atom stereocenters. The fraction of sp³-hybridized carbons (Fsp3) is 0.286. The minimum absolute atomic E-state index is 0.0938. The number of ether oxygens (including phenoxy) is 3. The molecule has 8 nitrogen and oxygen atoms in total. The van der Waals surface area contributed by atoms with Crippen molar-refractivity contribution in [2.75, 3.05) is 19.9 Å². The van der Waals surface area contributed by atoms with Crippen molar-refractivity contribution in [3.8, 4) is 11.5 Å². The first-order valence-corrected chi connectivity index (χ1v) is 9.32. The smallest absolute Gasteiger partial charge is 0.326 e. The van der Waals surface area contributed by atoms with E-state index in [0.29, 0.717) is 30.0 Å². The second kappa shape index (κ2) is 9.73. The topological polar surface area (TPSA) is 103 Å². The fourth-order valence-corrected chi connectivity index (χ4v) is 2.71. The molecule has 0 unspecified atom stereocenters. The Kier molecular flexibility index (Phi) is 6.84. The Morgan fingerprint density at radius 1 is 1.07 bits per heavy atom. The summed E-state index contributed by atoms with van der Waals surface area (Å²) >= 11 is 0. The molecule has 9 heteroatoms. The number of hydrogen-bond acceptors (Lipinski definition) is 6. The Labute approximate surface area is 172 Å². The average Bonchev–Trinajstić information content (AvgIpc) is 3.21. The zero-order chi connectivity index (χ0) is 21.5. The van der Waals surface area contributed by atoms with E-state index in [2.05, 4.69) is 10.6 Å². The van der Waals surface area contributed by atoms with E-state index in [-0.39, 0.29) is 19.2 Å². The first-order valence-electron chi connectivity index (χ1n) is 9.32. The molecule has 0 radical (unpaired) electrons. The summed E-state index contributed by atoms with van der Waals surface area (Å²) in [5.41, 5.74) is 1.17. The molecule has 2 aromatic carbocycles. The molecule has 0 fully saturated rings. The summed E-state index contributed by atoms with van der Waals surface area (Å²) in [6.07, 6.45) is -0.508. The van der Waals surface area contributed by atoms with Gasteiger partial charge < -0.3 is 24.8 Å². The minimum atomic E-state index is -1.02. The van der Waals surface area contributed by atoms with Gasteiger partial charge in [0.25, 0.3) is 11.8 Å². The van der Waals surface area contributed by atoms with Crippen LogP contribution in [0.5, 0.6) is 11.5 Å². The summed E-state index contributed by atoms with van der Waals surface area (Å²) in [4.78, 5) is 36.1. The van der Waals surface area contributed by atoms with Crippen LogP contribution in [0.2, 0.25) is 0 Å². The summed E-state index contributed by atoms with van der Waals surface area (Å²) < 4.78 is 28.3. The summed E-state index contributed by atoms with van der Waals surface area (Å²) in [5.74, 6) is -1.02. The largest absolute Gasteiger partial charge is 0.454 e. The molecular formula is C21H21FN2O6. The van der Waals surface area contributed by atoms with Crippen molar-refractivity contribution in [3.63, 3.8) is 0 Å². The van der Waals surface area contributed by atoms with Crippen molar-refractivity contribution < 1.29 is 33.0 Å². The number of fused-ring (bicyclic) bond motifs is 1. The maximum absolute atomic E-state index is 12.9. The van der Waals surface area contributed by atoms with Gasteiger partial charge in [-0.15, -0.1) is 0 Å². The average molecular weight is 416 g/mol. The van der Waals surface area contributed by atoms with Crippen molar-refractivity contribution in [2.24, 2.45) is 0 Å². The van der Waals surface area contributed by atoms with E-state index in [1.807, 2.05) is 0 Å². The minimum Gasteiger partial charge on any atom is -0.454 e. The highest BCUT2D eigenvalue weighted by Crippen LogP contribution is 2.32. The molecule has 1 aliphatic heterocycles. The molecule has 2 amide bonds. The first-order chi connectivity index (χ1) is 14.4. The van der Waals surface area contributed by atoms with Gasteiger partial charge in [0.1, 0.15) is 12.4 Å². The maximum Gasteiger partial charge on any atom is 0.326 e. The lowest BCUT2D eigenvalue weighted by atomic mass is 10.1. The highest BCUT2D eigenvalue weighted by molar-refractivity contribution is 5.96. The third-order valence-corrected chi connectivity index (χ3v) is 4.33. The van der Waals surface area contributed by atoms with Crippen molar-refractivity contribution >= 4 is 17.8 Å². The molecule has 2 aromatic rings. The van der Waals surface area contributed by atoms with E-state index < -0.39 is 23.9 Å². The lowest BCUT2D eigenvalue weighted by molar-refractivity contribution is -0.153. The number of carbonyl (C=O) groups is 3. The van der Waals surface area contributed by atoms with Crippen molar-refractivity contribution in [1.29, 1.82) is 0 Å². The summed E-state index contributed by atoms with van der Waals surface area (Å²) in [5, 5.41) is 5.07. The van der Waals surface area contributed by atoms with Crippen molar-refractivity contribution in [3.05, 3.63) is 59.4 Å². The number of rotatable bonds is 8. The van der Waals surface area contributed by atoms with Gasteiger partial charge >= 0.3 is 5.97 Å². The van der Waals surface area contributed by atoms with Gasteiger partial charge in [0, 0.05) is 12.1 Å². The number of amides is 2.